The molecule has 2 aliphatic carbocycles. The van der Waals surface area contributed by atoms with Crippen LogP contribution >= 0.6 is 34.3 Å². The van der Waals surface area contributed by atoms with E-state index in [4.69, 9.17) is 35.3 Å². The van der Waals surface area contributed by atoms with Crippen LogP contribution < -0.4 is 4.74 Å². The molecule has 0 spiro atoms. The fourth-order valence-electron chi connectivity index (χ4n) is 9.17. The van der Waals surface area contributed by atoms with Gasteiger partial charge in [0, 0.05) is 60.9 Å². The predicted octanol–water partition coefficient (Wildman–Crippen LogP) is 7.38. The van der Waals surface area contributed by atoms with E-state index in [1.807, 2.05) is 0 Å². The van der Waals surface area contributed by atoms with E-state index in [1.54, 1.807) is 29.0 Å². The second-order valence-corrected chi connectivity index (χ2v) is 20.0. The minimum absolute atomic E-state index is 0.0303. The molecule has 6 aliphatic rings. The fraction of sp³-hybridized carbons (Fsp3) is 0.714. The van der Waals surface area contributed by atoms with Crippen molar-refractivity contribution in [3.63, 3.8) is 0 Å². The van der Waals surface area contributed by atoms with Crippen LogP contribution in [0.4, 0.5) is 0 Å². The first-order valence-electron chi connectivity index (χ1n) is 20.9. The molecule has 0 radical (unpaired) electrons. The van der Waals surface area contributed by atoms with Gasteiger partial charge >= 0.3 is 0 Å². The summed E-state index contributed by atoms with van der Waals surface area (Å²) < 4.78 is 29.1. The van der Waals surface area contributed by atoms with Crippen LogP contribution in [0.25, 0.3) is 20.4 Å². The molecule has 0 atom stereocenters. The predicted molar refractivity (Wildman–Crippen MR) is 225 cm³/mol. The van der Waals surface area contributed by atoms with Crippen molar-refractivity contribution >= 4 is 54.7 Å². The van der Waals surface area contributed by atoms with Crippen LogP contribution in [-0.4, -0.2) is 123 Å². The summed E-state index contributed by atoms with van der Waals surface area (Å²) >= 11 is 9.52. The molecule has 2 saturated heterocycles. The molecular weight excluding hydrogens is 784 g/mol. The summed E-state index contributed by atoms with van der Waals surface area (Å²) in [6.07, 6.45) is 14.0. The van der Waals surface area contributed by atoms with Gasteiger partial charge in [-0.3, -0.25) is 9.80 Å². The van der Waals surface area contributed by atoms with Crippen LogP contribution in [0.1, 0.15) is 99.9 Å². The van der Waals surface area contributed by atoms with Crippen LogP contribution in [0.15, 0.2) is 12.7 Å². The summed E-state index contributed by atoms with van der Waals surface area (Å²) in [5.74, 6) is 0.773. The molecule has 0 aromatic carbocycles. The van der Waals surface area contributed by atoms with Gasteiger partial charge in [0.05, 0.1) is 67.7 Å². The third-order valence-electron chi connectivity index (χ3n) is 12.4. The van der Waals surface area contributed by atoms with Crippen molar-refractivity contribution in [2.45, 2.75) is 141 Å². The van der Waals surface area contributed by atoms with Gasteiger partial charge in [0.25, 0.3) is 0 Å². The van der Waals surface area contributed by atoms with Gasteiger partial charge in [-0.15, -0.1) is 22.7 Å². The monoisotopic (exact) mass is 842 g/mol. The molecule has 15 heteroatoms. The highest BCUT2D eigenvalue weighted by molar-refractivity contribution is 7.19. The fourth-order valence-corrected chi connectivity index (χ4v) is 11.6. The number of nitrogens with zero attached hydrogens (tertiary/aromatic N) is 6. The number of aliphatic hydroxyl groups excluding tert-OH is 1. The number of ether oxygens (including phenoxy) is 5. The summed E-state index contributed by atoms with van der Waals surface area (Å²) in [4.78, 5) is 27.0. The Morgan fingerprint density at radius 3 is 1.68 bits per heavy atom. The van der Waals surface area contributed by atoms with E-state index in [1.165, 1.54) is 52.9 Å². The van der Waals surface area contributed by atoms with Crippen molar-refractivity contribution in [1.29, 1.82) is 0 Å². The first-order valence-corrected chi connectivity index (χ1v) is 23.0. The molecule has 4 fully saturated rings. The van der Waals surface area contributed by atoms with Crippen LogP contribution in [0.5, 0.6) is 5.88 Å². The third-order valence-corrected chi connectivity index (χ3v) is 14.9. The molecule has 12 nitrogen and oxygen atoms in total. The number of fused-ring (bicyclic) bond motifs is 6. The number of hydrogen-bond donors (Lipinski definition) is 1. The van der Waals surface area contributed by atoms with Gasteiger partial charge in [-0.1, -0.05) is 11.6 Å². The lowest BCUT2D eigenvalue weighted by molar-refractivity contribution is -0.0382. The Kier molecular flexibility index (Phi) is 13.3. The molecule has 57 heavy (non-hydrogen) atoms. The molecule has 4 aromatic heterocycles. The van der Waals surface area contributed by atoms with Gasteiger partial charge < -0.3 is 28.8 Å². The molecule has 2 saturated carbocycles. The summed E-state index contributed by atoms with van der Waals surface area (Å²) in [7, 11) is 0. The summed E-state index contributed by atoms with van der Waals surface area (Å²) in [5, 5.41) is 12.1. The zero-order chi connectivity index (χ0) is 39.6. The van der Waals surface area contributed by atoms with Gasteiger partial charge in [0.2, 0.25) is 5.88 Å². The van der Waals surface area contributed by atoms with Crippen LogP contribution in [-0.2, 0) is 45.0 Å². The average Bonchev–Trinajstić information content (AvgIpc) is 3.77. The number of hydrogen-bond acceptors (Lipinski definition) is 14. The maximum absolute atomic E-state index is 9.38. The standard InChI is InChI=1S/C21H29N3O3S.C11H11ClN2OS.C10H19NO2/c1-21(2)11-16-17(12-26-21)28-20-18(16)19(22-13-23-20)27-15-5-3-14(4-6-15)24-7-9-25-10-8-24;1-11(2)3-6-7(4-15-11)16-10-8(6)9(12)13-5-14-10;12-10-3-1-9(2-4-10)11-5-7-13-8-6-11/h13-15H,3-12H2,1-2H3;5H,3-4H2,1-2H3;9-10,12H,1-8H2. The number of rotatable bonds is 4. The second kappa shape index (κ2) is 18.2. The highest BCUT2D eigenvalue weighted by Crippen LogP contribution is 2.43. The third kappa shape index (κ3) is 10.1. The van der Waals surface area contributed by atoms with E-state index in [9.17, 15) is 5.11 Å². The zero-order valence-electron chi connectivity index (χ0n) is 34.0. The molecule has 4 aliphatic heterocycles. The average molecular weight is 844 g/mol. The lowest BCUT2D eigenvalue weighted by atomic mass is 9.91. The SMILES string of the molecule is CC1(C)Cc2c(sc3ncnc(Cl)c23)CO1.CC1(C)Cc2c(sc3ncnc(OC4CCC(N5CCOCC5)CC4)c23)CO1.OC1CCC(N2CCOCC2)CC1. The van der Waals surface area contributed by atoms with Gasteiger partial charge in [0.1, 0.15) is 33.6 Å². The van der Waals surface area contributed by atoms with Crippen molar-refractivity contribution < 1.29 is 28.8 Å². The van der Waals surface area contributed by atoms with Crippen molar-refractivity contribution in [3.8, 4) is 5.88 Å². The molecule has 312 valence electrons. The Bertz CT molecular complexity index is 1950. The van der Waals surface area contributed by atoms with E-state index >= 15 is 0 Å². The molecule has 10 rings (SSSR count). The Labute approximate surface area is 349 Å². The van der Waals surface area contributed by atoms with Crippen LogP contribution in [0, 0.1) is 0 Å². The maximum atomic E-state index is 9.38. The summed E-state index contributed by atoms with van der Waals surface area (Å²) in [6.45, 7) is 17.6. The topological polar surface area (TPSA) is 124 Å². The molecule has 0 unspecified atom stereocenters. The van der Waals surface area contributed by atoms with E-state index in [2.05, 4.69) is 57.4 Å². The van der Waals surface area contributed by atoms with E-state index in [0.717, 1.165) is 117 Å². The number of thiophene rings is 2. The molecule has 1 N–H and O–H groups in total. The largest absolute Gasteiger partial charge is 0.474 e. The Morgan fingerprint density at radius 1 is 0.667 bits per heavy atom. The van der Waals surface area contributed by atoms with Gasteiger partial charge in [-0.2, -0.15) is 0 Å². The highest BCUT2D eigenvalue weighted by Gasteiger charge is 2.34. The number of morpholine rings is 2. The Balaban J connectivity index is 0.000000132. The van der Waals surface area contributed by atoms with E-state index < -0.39 is 0 Å². The van der Waals surface area contributed by atoms with Gasteiger partial charge in [-0.05, 0) is 90.2 Å². The zero-order valence-corrected chi connectivity index (χ0v) is 36.4. The molecule has 4 aromatic rings. The van der Waals surface area contributed by atoms with Crippen molar-refractivity contribution in [2.75, 3.05) is 52.6 Å². The quantitative estimate of drug-likeness (QED) is 0.206. The molecule has 0 amide bonds. The number of halogens is 1. The van der Waals surface area contributed by atoms with Gasteiger partial charge in [-0.25, -0.2) is 19.9 Å². The molecule has 0 bridgehead atoms. The van der Waals surface area contributed by atoms with Crippen molar-refractivity contribution in [1.82, 2.24) is 29.7 Å². The van der Waals surface area contributed by atoms with Crippen LogP contribution in [0.3, 0.4) is 0 Å². The minimum atomic E-state index is -0.148. The first-order chi connectivity index (χ1) is 27.5. The maximum Gasteiger partial charge on any atom is 0.225 e. The Morgan fingerprint density at radius 2 is 1.14 bits per heavy atom. The minimum Gasteiger partial charge on any atom is -0.474 e. The normalized spacial score (nSPS) is 27.7. The Hall–Kier alpha value is -2.11. The van der Waals surface area contributed by atoms with E-state index in [0.29, 0.717) is 30.5 Å². The molecular formula is C42H59ClN6O6S2. The first kappa shape index (κ1) is 41.6. The summed E-state index contributed by atoms with van der Waals surface area (Å²) in [6, 6.07) is 1.40. The van der Waals surface area contributed by atoms with Crippen molar-refractivity contribution in [2.24, 2.45) is 0 Å². The van der Waals surface area contributed by atoms with E-state index in [-0.39, 0.29) is 23.4 Å². The lowest BCUT2D eigenvalue weighted by Gasteiger charge is -2.38. The van der Waals surface area contributed by atoms with Crippen molar-refractivity contribution in [3.05, 3.63) is 38.7 Å². The smallest absolute Gasteiger partial charge is 0.225 e. The number of aromatic nitrogens is 4. The molecule has 8 heterocycles. The second-order valence-electron chi connectivity index (χ2n) is 17.5. The summed E-state index contributed by atoms with van der Waals surface area (Å²) in [5.41, 5.74) is 2.32. The lowest BCUT2D eigenvalue weighted by Crippen LogP contribution is -2.46. The van der Waals surface area contributed by atoms with Crippen LogP contribution in [0.2, 0.25) is 5.15 Å². The highest BCUT2D eigenvalue weighted by atomic mass is 35.5. The number of aliphatic hydroxyl groups is 1. The van der Waals surface area contributed by atoms with Gasteiger partial charge in [0.15, 0.2) is 0 Å².